The van der Waals surface area contributed by atoms with Gasteiger partial charge in [-0.25, -0.2) is 4.98 Å². The molecule has 0 radical (unpaired) electrons. The maximum absolute atomic E-state index is 8.74. The van der Waals surface area contributed by atoms with Crippen molar-refractivity contribution in [3.63, 3.8) is 0 Å². The lowest BCUT2D eigenvalue weighted by Gasteiger charge is -2.20. The van der Waals surface area contributed by atoms with Gasteiger partial charge in [0, 0.05) is 18.8 Å². The molecule has 0 aliphatic rings. The summed E-state index contributed by atoms with van der Waals surface area (Å²) in [7, 11) is 2.05. The molecule has 1 N–H and O–H groups in total. The van der Waals surface area contributed by atoms with Crippen LogP contribution in [-0.4, -0.2) is 54.4 Å². The molecule has 102 valence electrons. The predicted molar refractivity (Wildman–Crippen MR) is 70.1 cm³/mol. The van der Waals surface area contributed by atoms with Crippen LogP contribution in [0.15, 0.2) is 18.3 Å². The summed E-state index contributed by atoms with van der Waals surface area (Å²) in [5, 5.41) is 8.74. The fourth-order valence-corrected chi connectivity index (χ4v) is 1.29. The highest BCUT2D eigenvalue weighted by molar-refractivity contribution is 5.32. The minimum Gasteiger partial charge on any atom is -0.486 e. The zero-order chi connectivity index (χ0) is 13.4. The Kier molecular flexibility index (Phi) is 6.46. The zero-order valence-electron chi connectivity index (χ0n) is 11.3. The number of ether oxygens (including phenoxy) is 2. The van der Waals surface area contributed by atoms with Gasteiger partial charge >= 0.3 is 0 Å². The van der Waals surface area contributed by atoms with Gasteiger partial charge < -0.3 is 19.5 Å². The first kappa shape index (κ1) is 14.7. The molecule has 1 aromatic heterocycles. The minimum atomic E-state index is -0.0234. The van der Waals surface area contributed by atoms with Crippen LogP contribution in [-0.2, 0) is 0 Å². The van der Waals surface area contributed by atoms with Crippen LogP contribution in [0.4, 0.5) is 0 Å². The largest absolute Gasteiger partial charge is 0.486 e. The molecule has 0 aliphatic heterocycles. The van der Waals surface area contributed by atoms with E-state index in [4.69, 9.17) is 14.6 Å². The van der Waals surface area contributed by atoms with Crippen molar-refractivity contribution in [3.05, 3.63) is 18.3 Å². The van der Waals surface area contributed by atoms with Crippen molar-refractivity contribution in [1.29, 1.82) is 0 Å². The first-order valence-electron chi connectivity index (χ1n) is 6.17. The van der Waals surface area contributed by atoms with Gasteiger partial charge in [0.05, 0.1) is 6.61 Å². The van der Waals surface area contributed by atoms with Crippen LogP contribution in [0.2, 0.25) is 0 Å². The average Bonchev–Trinajstić information content (AvgIpc) is 2.37. The number of hydrogen-bond donors (Lipinski definition) is 1. The summed E-state index contributed by atoms with van der Waals surface area (Å²) in [6.45, 7) is 5.88. The van der Waals surface area contributed by atoms with Gasteiger partial charge in [-0.05, 0) is 33.0 Å². The molecule has 5 heteroatoms. The van der Waals surface area contributed by atoms with E-state index in [9.17, 15) is 0 Å². The maximum atomic E-state index is 8.74. The van der Waals surface area contributed by atoms with E-state index >= 15 is 0 Å². The molecule has 0 spiro atoms. The molecule has 0 unspecified atom stereocenters. The second-order valence-corrected chi connectivity index (χ2v) is 4.30. The molecule has 0 aliphatic carbocycles. The van der Waals surface area contributed by atoms with Gasteiger partial charge in [0.1, 0.15) is 13.2 Å². The van der Waals surface area contributed by atoms with Crippen LogP contribution in [0.5, 0.6) is 11.6 Å². The number of aliphatic hydroxyl groups is 1. The molecule has 1 rings (SSSR count). The Bertz CT molecular complexity index is 345. The number of rotatable bonds is 8. The normalized spacial score (nSPS) is 11.0. The third kappa shape index (κ3) is 4.89. The van der Waals surface area contributed by atoms with Gasteiger partial charge in [-0.2, -0.15) is 0 Å². The molecule has 0 amide bonds. The Morgan fingerprint density at radius 1 is 1.33 bits per heavy atom. The summed E-state index contributed by atoms with van der Waals surface area (Å²) in [5.41, 5.74) is 0. The predicted octanol–water partition coefficient (Wildman–Crippen LogP) is 1.17. The molecular weight excluding hydrogens is 232 g/mol. The van der Waals surface area contributed by atoms with Gasteiger partial charge in [-0.1, -0.05) is 0 Å². The van der Waals surface area contributed by atoms with Crippen LogP contribution < -0.4 is 9.47 Å². The number of hydrogen-bond acceptors (Lipinski definition) is 5. The van der Waals surface area contributed by atoms with Gasteiger partial charge in [0.2, 0.25) is 0 Å². The maximum Gasteiger partial charge on any atom is 0.257 e. The summed E-state index contributed by atoms with van der Waals surface area (Å²) in [6, 6.07) is 4.05. The summed E-state index contributed by atoms with van der Waals surface area (Å²) in [6.07, 6.45) is 1.66. The topological polar surface area (TPSA) is 54.8 Å². The van der Waals surface area contributed by atoms with E-state index in [1.54, 1.807) is 18.3 Å². The van der Waals surface area contributed by atoms with E-state index in [-0.39, 0.29) is 13.2 Å². The van der Waals surface area contributed by atoms with Crippen LogP contribution in [0.3, 0.4) is 0 Å². The molecule has 1 heterocycles. The van der Waals surface area contributed by atoms with Crippen LogP contribution in [0, 0.1) is 0 Å². The molecule has 5 nitrogen and oxygen atoms in total. The molecule has 0 atom stereocenters. The van der Waals surface area contributed by atoms with Crippen molar-refractivity contribution in [2.45, 2.75) is 19.9 Å². The second kappa shape index (κ2) is 7.89. The third-order valence-corrected chi connectivity index (χ3v) is 2.65. The number of nitrogens with zero attached hydrogens (tertiary/aromatic N) is 2. The number of pyridine rings is 1. The lowest BCUT2D eigenvalue weighted by atomic mass is 10.3. The zero-order valence-corrected chi connectivity index (χ0v) is 11.3. The van der Waals surface area contributed by atoms with Gasteiger partial charge in [-0.3, -0.25) is 0 Å². The SMILES string of the molecule is CC(C)N(C)CCOc1ncccc1OCCO. The average molecular weight is 254 g/mol. The van der Waals surface area contributed by atoms with Crippen molar-refractivity contribution in [1.82, 2.24) is 9.88 Å². The Labute approximate surface area is 108 Å². The van der Waals surface area contributed by atoms with Crippen molar-refractivity contribution >= 4 is 0 Å². The van der Waals surface area contributed by atoms with Crippen molar-refractivity contribution in [3.8, 4) is 11.6 Å². The van der Waals surface area contributed by atoms with Crippen molar-refractivity contribution in [2.24, 2.45) is 0 Å². The highest BCUT2D eigenvalue weighted by Gasteiger charge is 2.07. The molecule has 0 saturated carbocycles. The van der Waals surface area contributed by atoms with E-state index in [1.165, 1.54) is 0 Å². The van der Waals surface area contributed by atoms with Gasteiger partial charge in [0.25, 0.3) is 5.88 Å². The fraction of sp³-hybridized carbons (Fsp3) is 0.615. The summed E-state index contributed by atoms with van der Waals surface area (Å²) in [5.74, 6) is 1.04. The van der Waals surface area contributed by atoms with E-state index < -0.39 is 0 Å². The quantitative estimate of drug-likeness (QED) is 0.754. The first-order valence-corrected chi connectivity index (χ1v) is 6.17. The smallest absolute Gasteiger partial charge is 0.257 e. The van der Waals surface area contributed by atoms with E-state index in [1.807, 2.05) is 0 Å². The standard InChI is InChI=1S/C13H22N2O3/c1-11(2)15(3)7-9-18-13-12(17-10-8-16)5-4-6-14-13/h4-6,11,16H,7-10H2,1-3H3. The lowest BCUT2D eigenvalue weighted by molar-refractivity contribution is 0.179. The third-order valence-electron chi connectivity index (χ3n) is 2.65. The van der Waals surface area contributed by atoms with Crippen molar-refractivity contribution < 1.29 is 14.6 Å². The molecule has 1 aromatic rings. The molecule has 18 heavy (non-hydrogen) atoms. The Morgan fingerprint density at radius 2 is 2.11 bits per heavy atom. The fourth-order valence-electron chi connectivity index (χ4n) is 1.29. The number of aromatic nitrogens is 1. The van der Waals surface area contributed by atoms with E-state index in [0.29, 0.717) is 24.3 Å². The summed E-state index contributed by atoms with van der Waals surface area (Å²) in [4.78, 5) is 6.32. The van der Waals surface area contributed by atoms with Gasteiger partial charge in [0.15, 0.2) is 5.75 Å². The van der Waals surface area contributed by atoms with Crippen LogP contribution in [0.1, 0.15) is 13.8 Å². The van der Waals surface area contributed by atoms with Crippen molar-refractivity contribution in [2.75, 3.05) is 33.4 Å². The molecule has 0 saturated heterocycles. The Morgan fingerprint density at radius 3 is 2.78 bits per heavy atom. The number of aliphatic hydroxyl groups excluding tert-OH is 1. The Hall–Kier alpha value is -1.33. The molecule has 0 fully saturated rings. The first-order chi connectivity index (χ1) is 8.65. The molecular formula is C13H22N2O3. The highest BCUT2D eigenvalue weighted by Crippen LogP contribution is 2.23. The van der Waals surface area contributed by atoms with Crippen LogP contribution >= 0.6 is 0 Å². The van der Waals surface area contributed by atoms with Gasteiger partial charge in [-0.15, -0.1) is 0 Å². The van der Waals surface area contributed by atoms with Crippen LogP contribution in [0.25, 0.3) is 0 Å². The second-order valence-electron chi connectivity index (χ2n) is 4.30. The minimum absolute atomic E-state index is 0.0234. The lowest BCUT2D eigenvalue weighted by Crippen LogP contribution is -2.30. The summed E-state index contributed by atoms with van der Waals surface area (Å²) >= 11 is 0. The van der Waals surface area contributed by atoms with E-state index in [2.05, 4.69) is 30.8 Å². The Balaban J connectivity index is 2.45. The highest BCUT2D eigenvalue weighted by atomic mass is 16.5. The molecule has 0 bridgehead atoms. The van der Waals surface area contributed by atoms with E-state index in [0.717, 1.165) is 6.54 Å². The summed E-state index contributed by atoms with van der Waals surface area (Å²) < 4.78 is 10.9. The monoisotopic (exact) mass is 254 g/mol. The number of likely N-dealkylation sites (N-methyl/N-ethyl adjacent to an activating group) is 1. The molecule has 0 aromatic carbocycles.